The van der Waals surface area contributed by atoms with E-state index < -0.39 is 12.1 Å². The summed E-state index contributed by atoms with van der Waals surface area (Å²) in [5.74, 6) is -1.39. The molecule has 1 heterocycles. The summed E-state index contributed by atoms with van der Waals surface area (Å²) in [7, 11) is 0. The number of nitrogens with one attached hydrogen (secondary N) is 1. The number of ketones is 2. The fourth-order valence-corrected chi connectivity index (χ4v) is 4.09. The van der Waals surface area contributed by atoms with Gasteiger partial charge in [0.25, 0.3) is 0 Å². The molecule has 0 aliphatic heterocycles. The van der Waals surface area contributed by atoms with E-state index >= 15 is 0 Å². The van der Waals surface area contributed by atoms with E-state index in [-0.39, 0.29) is 22.7 Å². The van der Waals surface area contributed by atoms with Crippen LogP contribution in [0.25, 0.3) is 10.9 Å². The molecule has 35 heavy (non-hydrogen) atoms. The Bertz CT molecular complexity index is 1520. The molecule has 170 valence electrons. The number of H-pyrrole nitrogens is 1. The van der Waals surface area contributed by atoms with E-state index in [0.29, 0.717) is 16.7 Å². The summed E-state index contributed by atoms with van der Waals surface area (Å²) in [6.07, 6.45) is 0.451. The third-order valence-electron chi connectivity index (χ3n) is 5.85. The number of rotatable bonds is 7. The highest BCUT2D eigenvalue weighted by Gasteiger charge is 2.30. The van der Waals surface area contributed by atoms with E-state index in [4.69, 9.17) is 4.74 Å². The molecule has 0 aliphatic carbocycles. The number of hydrogen-bond acceptors (Lipinski definition) is 4. The maximum atomic E-state index is 13.7. The highest BCUT2D eigenvalue weighted by molar-refractivity contribution is 6.15. The molecule has 1 aromatic heterocycles. The molecule has 5 rings (SSSR count). The number of fused-ring (bicyclic) bond motifs is 1. The fourth-order valence-electron chi connectivity index (χ4n) is 4.09. The van der Waals surface area contributed by atoms with Gasteiger partial charge in [0.1, 0.15) is 0 Å². The van der Waals surface area contributed by atoms with Gasteiger partial charge in [0.2, 0.25) is 5.78 Å². The summed E-state index contributed by atoms with van der Waals surface area (Å²) in [5, 5.41) is 0.745. The van der Waals surface area contributed by atoms with Gasteiger partial charge >= 0.3 is 5.97 Å². The van der Waals surface area contributed by atoms with Gasteiger partial charge in [-0.1, -0.05) is 97.1 Å². The van der Waals surface area contributed by atoms with Crippen molar-refractivity contribution in [2.45, 2.75) is 6.10 Å². The Hall–Kier alpha value is -4.77. The first kappa shape index (κ1) is 22.0. The normalized spacial score (nSPS) is 11.7. The van der Waals surface area contributed by atoms with Crippen molar-refractivity contribution in [3.63, 3.8) is 0 Å². The Labute approximate surface area is 202 Å². The van der Waals surface area contributed by atoms with Crippen LogP contribution in [0.1, 0.15) is 48.3 Å². The second-order valence-corrected chi connectivity index (χ2v) is 8.05. The maximum absolute atomic E-state index is 13.7. The molecule has 0 bridgehead atoms. The minimum absolute atomic E-state index is 0.106. The average molecular weight is 460 g/mol. The summed E-state index contributed by atoms with van der Waals surface area (Å²) < 4.78 is 5.83. The van der Waals surface area contributed by atoms with E-state index in [0.717, 1.165) is 10.9 Å². The van der Waals surface area contributed by atoms with Gasteiger partial charge in [0, 0.05) is 39.4 Å². The van der Waals surface area contributed by atoms with Crippen molar-refractivity contribution in [3.8, 4) is 0 Å². The number of benzene rings is 4. The quantitative estimate of drug-likeness (QED) is 0.233. The number of hydrogen-bond donors (Lipinski definition) is 1. The van der Waals surface area contributed by atoms with E-state index in [1.54, 1.807) is 72.9 Å². The van der Waals surface area contributed by atoms with Crippen molar-refractivity contribution in [2.24, 2.45) is 0 Å². The number of carbonyl (C=O) groups is 3. The molecular weight excluding hydrogens is 438 g/mol. The highest BCUT2D eigenvalue weighted by Crippen LogP contribution is 2.28. The standard InChI is InChI=1S/C30H21NO4/c32-27(20-11-3-1-4-12-20)23-16-7-8-17-24(23)30(34)35-29(21-13-5-2-6-14-21)28(33)25-19-31-26-18-10-9-15-22(25)26/h1-19,29,31H. The molecule has 5 heteroatoms. The summed E-state index contributed by atoms with van der Waals surface area (Å²) in [6, 6.07) is 31.5. The Morgan fingerprint density at radius 3 is 1.97 bits per heavy atom. The summed E-state index contributed by atoms with van der Waals surface area (Å²) in [6.45, 7) is 0. The predicted octanol–water partition coefficient (Wildman–Crippen LogP) is 6.18. The second-order valence-electron chi connectivity index (χ2n) is 8.05. The Balaban J connectivity index is 1.51. The number of Topliss-reactive ketones (excluding diaryl/α,β-unsaturated/α-hetero) is 1. The molecule has 4 aromatic carbocycles. The number of aromatic amines is 1. The van der Waals surface area contributed by atoms with Crippen molar-refractivity contribution in [1.29, 1.82) is 0 Å². The van der Waals surface area contributed by atoms with Crippen LogP contribution in [0.3, 0.4) is 0 Å². The number of aromatic nitrogens is 1. The first-order valence-electron chi connectivity index (χ1n) is 11.2. The fraction of sp³-hybridized carbons (Fsp3) is 0.0333. The summed E-state index contributed by atoms with van der Waals surface area (Å²) in [5.41, 5.74) is 2.57. The molecule has 0 radical (unpaired) electrons. The zero-order valence-corrected chi connectivity index (χ0v) is 18.7. The first-order chi connectivity index (χ1) is 17.1. The maximum Gasteiger partial charge on any atom is 0.339 e. The van der Waals surface area contributed by atoms with Crippen LogP contribution in [0.2, 0.25) is 0 Å². The van der Waals surface area contributed by atoms with Crippen molar-refractivity contribution in [3.05, 3.63) is 143 Å². The summed E-state index contributed by atoms with van der Waals surface area (Å²) in [4.78, 5) is 43.3. The van der Waals surface area contributed by atoms with Gasteiger partial charge in [-0.05, 0) is 12.1 Å². The van der Waals surface area contributed by atoms with Crippen LogP contribution in [0.15, 0.2) is 115 Å². The molecule has 5 nitrogen and oxygen atoms in total. The number of ether oxygens (including phenoxy) is 1. The van der Waals surface area contributed by atoms with Gasteiger partial charge in [-0.15, -0.1) is 0 Å². The molecule has 0 fully saturated rings. The largest absolute Gasteiger partial charge is 0.445 e. The van der Waals surface area contributed by atoms with Gasteiger partial charge in [-0.2, -0.15) is 0 Å². The van der Waals surface area contributed by atoms with Crippen LogP contribution in [-0.2, 0) is 4.74 Å². The molecule has 0 aliphatic rings. The average Bonchev–Trinajstić information content (AvgIpc) is 3.36. The van der Waals surface area contributed by atoms with Crippen LogP contribution in [0, 0.1) is 0 Å². The lowest BCUT2D eigenvalue weighted by molar-refractivity contribution is 0.0279. The number of carbonyl (C=O) groups excluding carboxylic acids is 3. The topological polar surface area (TPSA) is 76.2 Å². The van der Waals surface area contributed by atoms with E-state index in [9.17, 15) is 14.4 Å². The SMILES string of the molecule is O=C(OC(C(=O)c1c[nH]c2ccccc12)c1ccccc1)c1ccccc1C(=O)c1ccccc1. The first-order valence-corrected chi connectivity index (χ1v) is 11.2. The zero-order valence-electron chi connectivity index (χ0n) is 18.7. The molecule has 1 unspecified atom stereocenters. The van der Waals surface area contributed by atoms with Gasteiger partial charge in [0.05, 0.1) is 5.56 Å². The molecule has 0 amide bonds. The molecule has 1 N–H and O–H groups in total. The van der Waals surface area contributed by atoms with Crippen LogP contribution in [-0.4, -0.2) is 22.5 Å². The van der Waals surface area contributed by atoms with Crippen LogP contribution in [0.4, 0.5) is 0 Å². The smallest absolute Gasteiger partial charge is 0.339 e. The summed E-state index contributed by atoms with van der Waals surface area (Å²) >= 11 is 0. The number of para-hydroxylation sites is 1. The van der Waals surface area contributed by atoms with Crippen molar-refractivity contribution in [1.82, 2.24) is 4.98 Å². The Kier molecular flexibility index (Phi) is 6.05. The lowest BCUT2D eigenvalue weighted by Gasteiger charge is -2.18. The second kappa shape index (κ2) is 9.61. The number of esters is 1. The minimum Gasteiger partial charge on any atom is -0.445 e. The molecule has 0 saturated carbocycles. The van der Waals surface area contributed by atoms with Gasteiger partial charge < -0.3 is 9.72 Å². The van der Waals surface area contributed by atoms with Gasteiger partial charge in [0.15, 0.2) is 11.9 Å². The van der Waals surface area contributed by atoms with Crippen LogP contribution < -0.4 is 0 Å². The molecule has 5 aromatic rings. The predicted molar refractivity (Wildman–Crippen MR) is 134 cm³/mol. The zero-order chi connectivity index (χ0) is 24.2. The lowest BCUT2D eigenvalue weighted by Crippen LogP contribution is -2.21. The third-order valence-corrected chi connectivity index (χ3v) is 5.85. The van der Waals surface area contributed by atoms with Gasteiger partial charge in [-0.25, -0.2) is 4.79 Å². The molecule has 1 atom stereocenters. The minimum atomic E-state index is -1.18. The van der Waals surface area contributed by atoms with E-state index in [2.05, 4.69) is 4.98 Å². The lowest BCUT2D eigenvalue weighted by atomic mass is 9.97. The molecule has 0 spiro atoms. The molecular formula is C30H21NO4. The van der Waals surface area contributed by atoms with Crippen molar-refractivity contribution >= 4 is 28.4 Å². The van der Waals surface area contributed by atoms with Gasteiger partial charge in [-0.3, -0.25) is 9.59 Å². The van der Waals surface area contributed by atoms with Crippen LogP contribution >= 0.6 is 0 Å². The Morgan fingerprint density at radius 1 is 0.629 bits per heavy atom. The van der Waals surface area contributed by atoms with Crippen LogP contribution in [0.5, 0.6) is 0 Å². The molecule has 0 saturated heterocycles. The van der Waals surface area contributed by atoms with Crippen molar-refractivity contribution < 1.29 is 19.1 Å². The monoisotopic (exact) mass is 459 g/mol. The third kappa shape index (κ3) is 4.39. The van der Waals surface area contributed by atoms with E-state index in [1.165, 1.54) is 6.07 Å². The Morgan fingerprint density at radius 2 is 1.23 bits per heavy atom. The van der Waals surface area contributed by atoms with Crippen molar-refractivity contribution in [2.75, 3.05) is 0 Å². The van der Waals surface area contributed by atoms with E-state index in [1.807, 2.05) is 36.4 Å². The highest BCUT2D eigenvalue weighted by atomic mass is 16.5.